The van der Waals surface area contributed by atoms with E-state index in [9.17, 15) is 0 Å². The van der Waals surface area contributed by atoms with E-state index >= 15 is 0 Å². The smallest absolute Gasteiger partial charge is 0.191 e. The fraction of sp³-hybridized carbons (Fsp3) is 0.611. The number of rotatable bonds is 6. The second-order valence-electron chi connectivity index (χ2n) is 6.43. The molecule has 3 aliphatic rings. The molecule has 3 aliphatic heterocycles. The van der Waals surface area contributed by atoms with Gasteiger partial charge in [-0.2, -0.15) is 0 Å². The highest BCUT2D eigenvalue weighted by molar-refractivity contribution is 14.0. The fourth-order valence-corrected chi connectivity index (χ4v) is 3.58. The average Bonchev–Trinajstić information content (AvgIpc) is 2.65. The molecule has 3 fully saturated rings. The maximum atomic E-state index is 5.40. The van der Waals surface area contributed by atoms with E-state index in [2.05, 4.69) is 31.5 Å². The molecule has 140 valence electrons. The van der Waals surface area contributed by atoms with Gasteiger partial charge in [-0.15, -0.1) is 24.0 Å². The maximum absolute atomic E-state index is 5.40. The Morgan fingerprint density at radius 1 is 1.20 bits per heavy atom. The first kappa shape index (κ1) is 20.3. The van der Waals surface area contributed by atoms with E-state index in [0.29, 0.717) is 6.04 Å². The molecule has 0 radical (unpaired) electrons. The van der Waals surface area contributed by atoms with Gasteiger partial charge in [-0.25, -0.2) is 0 Å². The van der Waals surface area contributed by atoms with E-state index < -0.39 is 0 Å². The van der Waals surface area contributed by atoms with Crippen LogP contribution in [0.3, 0.4) is 0 Å². The van der Waals surface area contributed by atoms with Crippen molar-refractivity contribution >= 4 is 29.9 Å². The topological polar surface area (TPSA) is 52.1 Å². The predicted octanol–water partition coefficient (Wildman–Crippen LogP) is 1.02. The van der Waals surface area contributed by atoms with E-state index in [1.54, 1.807) is 7.11 Å². The van der Waals surface area contributed by atoms with Crippen LogP contribution in [0.15, 0.2) is 29.3 Å². The molecule has 3 saturated heterocycles. The highest BCUT2D eigenvalue weighted by Gasteiger charge is 2.31. The molecule has 2 N–H and O–H groups in total. The van der Waals surface area contributed by atoms with Gasteiger partial charge in [0.15, 0.2) is 5.96 Å². The van der Waals surface area contributed by atoms with Gasteiger partial charge >= 0.3 is 0 Å². The second kappa shape index (κ2) is 10.2. The number of guanidine groups is 1. The molecule has 2 bridgehead atoms. The van der Waals surface area contributed by atoms with Crippen molar-refractivity contribution in [2.75, 3.05) is 60.0 Å². The number of nitrogens with one attached hydrogen (secondary N) is 2. The third kappa shape index (κ3) is 5.46. The summed E-state index contributed by atoms with van der Waals surface area (Å²) in [5.41, 5.74) is 1.21. The van der Waals surface area contributed by atoms with Crippen LogP contribution in [0.2, 0.25) is 0 Å². The van der Waals surface area contributed by atoms with E-state index in [1.165, 1.54) is 38.3 Å². The first-order chi connectivity index (χ1) is 11.8. The van der Waals surface area contributed by atoms with Crippen molar-refractivity contribution in [3.63, 3.8) is 0 Å². The zero-order chi connectivity index (χ0) is 16.8. The molecule has 25 heavy (non-hydrogen) atoms. The predicted molar refractivity (Wildman–Crippen MR) is 113 cm³/mol. The van der Waals surface area contributed by atoms with E-state index in [1.807, 2.05) is 25.2 Å². The normalized spacial score (nSPS) is 25.2. The van der Waals surface area contributed by atoms with Crippen LogP contribution in [-0.2, 0) is 6.42 Å². The molecule has 0 aliphatic carbocycles. The minimum atomic E-state index is 0. The summed E-state index contributed by atoms with van der Waals surface area (Å²) in [6, 6.07) is 8.76. The Morgan fingerprint density at radius 2 is 1.96 bits per heavy atom. The Kier molecular flexibility index (Phi) is 8.25. The van der Waals surface area contributed by atoms with Crippen molar-refractivity contribution in [2.45, 2.75) is 12.5 Å². The summed E-state index contributed by atoms with van der Waals surface area (Å²) in [6.07, 6.45) is 0.911. The van der Waals surface area contributed by atoms with Crippen molar-refractivity contribution in [1.82, 2.24) is 20.4 Å². The Hall–Kier alpha value is -1.06. The fourth-order valence-electron chi connectivity index (χ4n) is 3.58. The lowest BCUT2D eigenvalue weighted by molar-refractivity contribution is 0.0154. The first-order valence-electron chi connectivity index (χ1n) is 8.83. The Morgan fingerprint density at radius 3 is 2.60 bits per heavy atom. The van der Waals surface area contributed by atoms with Gasteiger partial charge in [0.25, 0.3) is 0 Å². The Bertz CT molecular complexity index is 560. The number of hydrogen-bond donors (Lipinski definition) is 2. The molecule has 1 atom stereocenters. The highest BCUT2D eigenvalue weighted by atomic mass is 127. The standard InChI is InChI=1S/C18H29N5O.HI/c1-19-18(20-8-7-15-5-3-4-6-17(15)24-2)21-13-16-14-22-9-11-23(16)12-10-22;/h3-6,16H,7-14H2,1-2H3,(H2,19,20,21);1H. The molecule has 1 unspecified atom stereocenters. The summed E-state index contributed by atoms with van der Waals surface area (Å²) in [5.74, 6) is 1.82. The first-order valence-corrected chi connectivity index (χ1v) is 8.83. The van der Waals surface area contributed by atoms with Gasteiger partial charge in [-0.05, 0) is 18.1 Å². The summed E-state index contributed by atoms with van der Waals surface area (Å²) in [4.78, 5) is 9.49. The highest BCUT2D eigenvalue weighted by Crippen LogP contribution is 2.17. The van der Waals surface area contributed by atoms with Crippen molar-refractivity contribution < 1.29 is 4.74 Å². The molecule has 1 aromatic carbocycles. The number of halogens is 1. The van der Waals surface area contributed by atoms with Crippen LogP contribution in [0, 0.1) is 0 Å². The van der Waals surface area contributed by atoms with Gasteiger partial charge in [0.1, 0.15) is 5.75 Å². The van der Waals surface area contributed by atoms with Gasteiger partial charge in [0.05, 0.1) is 7.11 Å². The number of aliphatic imine (C=N–C) groups is 1. The van der Waals surface area contributed by atoms with Crippen molar-refractivity contribution in [2.24, 2.45) is 4.99 Å². The average molecular weight is 459 g/mol. The number of nitrogens with zero attached hydrogens (tertiary/aromatic N) is 3. The number of para-hydroxylation sites is 1. The van der Waals surface area contributed by atoms with E-state index in [0.717, 1.165) is 31.2 Å². The molecule has 1 aromatic rings. The van der Waals surface area contributed by atoms with Gasteiger partial charge in [-0.3, -0.25) is 14.8 Å². The molecule has 0 saturated carbocycles. The number of methoxy groups -OCH3 is 1. The van der Waals surface area contributed by atoms with Crippen LogP contribution >= 0.6 is 24.0 Å². The van der Waals surface area contributed by atoms with Crippen molar-refractivity contribution in [1.29, 1.82) is 0 Å². The van der Waals surface area contributed by atoms with Crippen LogP contribution in [-0.4, -0.2) is 81.8 Å². The van der Waals surface area contributed by atoms with Crippen molar-refractivity contribution in [3.8, 4) is 5.75 Å². The molecule has 4 rings (SSSR count). The largest absolute Gasteiger partial charge is 0.496 e. The van der Waals surface area contributed by atoms with Crippen LogP contribution in [0.25, 0.3) is 0 Å². The summed E-state index contributed by atoms with van der Waals surface area (Å²) in [5, 5.41) is 6.88. The number of benzene rings is 1. The third-order valence-electron chi connectivity index (χ3n) is 5.00. The van der Waals surface area contributed by atoms with Crippen LogP contribution in [0.4, 0.5) is 0 Å². The summed E-state index contributed by atoms with van der Waals surface area (Å²) in [6.45, 7) is 7.81. The number of piperazine rings is 3. The lowest BCUT2D eigenvalue weighted by atomic mass is 10.1. The number of ether oxygens (including phenoxy) is 1. The minimum absolute atomic E-state index is 0. The Labute approximate surface area is 168 Å². The molecular weight excluding hydrogens is 429 g/mol. The van der Waals surface area contributed by atoms with Gasteiger partial charge in [0.2, 0.25) is 0 Å². The van der Waals surface area contributed by atoms with Gasteiger partial charge in [-0.1, -0.05) is 18.2 Å². The minimum Gasteiger partial charge on any atom is -0.496 e. The van der Waals surface area contributed by atoms with Crippen LogP contribution in [0.5, 0.6) is 5.75 Å². The number of hydrogen-bond acceptors (Lipinski definition) is 4. The maximum Gasteiger partial charge on any atom is 0.191 e. The molecule has 6 nitrogen and oxygen atoms in total. The van der Waals surface area contributed by atoms with Crippen LogP contribution in [0.1, 0.15) is 5.56 Å². The molecule has 3 heterocycles. The molecule has 0 spiro atoms. The molecular formula is C18H30IN5O. The summed E-state index contributed by atoms with van der Waals surface area (Å²) < 4.78 is 5.40. The number of fused-ring (bicyclic) bond motifs is 3. The molecule has 0 aromatic heterocycles. The quantitative estimate of drug-likeness (QED) is 0.378. The van der Waals surface area contributed by atoms with Crippen molar-refractivity contribution in [3.05, 3.63) is 29.8 Å². The van der Waals surface area contributed by atoms with Gasteiger partial charge in [0, 0.05) is 58.9 Å². The summed E-state index contributed by atoms with van der Waals surface area (Å²) in [7, 11) is 3.55. The van der Waals surface area contributed by atoms with Crippen LogP contribution < -0.4 is 15.4 Å². The third-order valence-corrected chi connectivity index (χ3v) is 5.00. The zero-order valence-electron chi connectivity index (χ0n) is 15.2. The Balaban J connectivity index is 0.00000225. The van der Waals surface area contributed by atoms with E-state index in [-0.39, 0.29) is 24.0 Å². The molecule has 7 heteroatoms. The zero-order valence-corrected chi connectivity index (χ0v) is 17.5. The SMILES string of the molecule is CN=C(NCCc1ccccc1OC)NCC1CN2CCN1CC2.I. The monoisotopic (exact) mass is 459 g/mol. The molecule has 0 amide bonds. The second-order valence-corrected chi connectivity index (χ2v) is 6.43. The lowest BCUT2D eigenvalue weighted by Crippen LogP contribution is -2.63. The summed E-state index contributed by atoms with van der Waals surface area (Å²) >= 11 is 0. The lowest BCUT2D eigenvalue weighted by Gasteiger charge is -2.47. The van der Waals surface area contributed by atoms with E-state index in [4.69, 9.17) is 4.74 Å². The van der Waals surface area contributed by atoms with Gasteiger partial charge < -0.3 is 15.4 Å².